The lowest BCUT2D eigenvalue weighted by Crippen LogP contribution is -2.17. The summed E-state index contributed by atoms with van der Waals surface area (Å²) in [4.78, 5) is 9.45. The van der Waals surface area contributed by atoms with Gasteiger partial charge in [0, 0.05) is 30.4 Å². The Morgan fingerprint density at radius 3 is 2.84 bits per heavy atom. The molecule has 0 aliphatic carbocycles. The van der Waals surface area contributed by atoms with Gasteiger partial charge < -0.3 is 0 Å². The van der Waals surface area contributed by atoms with E-state index in [1.54, 1.807) is 5.54 Å². The van der Waals surface area contributed by atoms with Gasteiger partial charge in [-0.25, -0.2) is 0 Å². The summed E-state index contributed by atoms with van der Waals surface area (Å²) in [5, 5.41) is 0. The van der Waals surface area contributed by atoms with Crippen LogP contribution in [0.4, 0.5) is 14.6 Å². The molecule has 25 heavy (non-hydrogen) atoms. The van der Waals surface area contributed by atoms with E-state index >= 15 is 0 Å². The molecule has 1 aliphatic heterocycles. The minimum Gasteiger partial charge on any atom is -0.289 e. The van der Waals surface area contributed by atoms with Crippen molar-refractivity contribution in [2.75, 3.05) is 19.8 Å². The molecule has 1 heterocycles. The minimum atomic E-state index is -0.419. The molecular formula is C20H29F2N3. The number of alkyl halides is 1. The molecule has 0 saturated carbocycles. The van der Waals surface area contributed by atoms with Crippen LogP contribution in [0.3, 0.4) is 0 Å². The van der Waals surface area contributed by atoms with Crippen LogP contribution in [0.5, 0.6) is 0 Å². The number of aryl methyl sites for hydroxylation is 1. The van der Waals surface area contributed by atoms with Gasteiger partial charge in [0.25, 0.3) is 0 Å². The van der Waals surface area contributed by atoms with E-state index in [4.69, 9.17) is 9.98 Å². The molecule has 2 atom stereocenters. The number of halogens is 2. The Morgan fingerprint density at radius 2 is 2.20 bits per heavy atom. The first-order valence-electron chi connectivity index (χ1n) is 9.14. The number of nitrogens with one attached hydrogen (secondary N) is 1. The van der Waals surface area contributed by atoms with E-state index in [0.29, 0.717) is 18.8 Å². The summed E-state index contributed by atoms with van der Waals surface area (Å²) in [6.45, 7) is 6.84. The summed E-state index contributed by atoms with van der Waals surface area (Å²) in [6.07, 6.45) is 3.08. The Morgan fingerprint density at radius 1 is 1.40 bits per heavy atom. The minimum absolute atomic E-state index is 0.0517. The molecule has 138 valence electrons. The van der Waals surface area contributed by atoms with E-state index in [-0.39, 0.29) is 12.5 Å². The van der Waals surface area contributed by atoms with Crippen molar-refractivity contribution in [2.24, 2.45) is 21.8 Å². The molecule has 0 spiro atoms. The highest BCUT2D eigenvalue weighted by atomic mass is 19.2. The Kier molecular flexibility index (Phi) is 7.69. The molecule has 1 aromatic rings. The molecule has 0 fully saturated rings. The normalized spacial score (nSPS) is 19.6. The number of benzene rings is 1. The molecule has 1 aliphatic rings. The van der Waals surface area contributed by atoms with Crippen molar-refractivity contribution < 1.29 is 8.87 Å². The fourth-order valence-corrected chi connectivity index (χ4v) is 3.17. The molecule has 3 nitrogen and oxygen atoms in total. The fourth-order valence-electron chi connectivity index (χ4n) is 3.17. The van der Waals surface area contributed by atoms with Crippen LogP contribution in [-0.4, -0.2) is 31.2 Å². The van der Waals surface area contributed by atoms with E-state index in [1.807, 2.05) is 13.8 Å². The summed E-state index contributed by atoms with van der Waals surface area (Å²) in [5.74, 6) is 0.601. The van der Waals surface area contributed by atoms with Gasteiger partial charge in [0.1, 0.15) is 0 Å². The number of nitrogens with zero attached hydrogens (tertiary/aromatic N) is 2. The standard InChI is InChI=1S/C20H29F2N3/c1-14-4-7-19(23-13-14)18-6-5-15(2)20(12-18)25-16(3)17(8-10-21)9-11-24-22/h5-6,12,14,17,24H,4,7-11,13H2,1-3H3. The topological polar surface area (TPSA) is 36.8 Å². The van der Waals surface area contributed by atoms with E-state index < -0.39 is 6.67 Å². The monoisotopic (exact) mass is 349 g/mol. The predicted octanol–water partition coefficient (Wildman–Crippen LogP) is 5.15. The van der Waals surface area contributed by atoms with Gasteiger partial charge in [-0.3, -0.25) is 14.4 Å². The summed E-state index contributed by atoms with van der Waals surface area (Å²) < 4.78 is 25.0. The highest BCUT2D eigenvalue weighted by Crippen LogP contribution is 2.26. The summed E-state index contributed by atoms with van der Waals surface area (Å²) in [6, 6.07) is 6.24. The number of aliphatic imine (C=N–C) groups is 2. The quantitative estimate of drug-likeness (QED) is 0.511. The smallest absolute Gasteiger partial charge is 0.0900 e. The maximum atomic E-state index is 12.8. The third kappa shape index (κ3) is 5.70. The van der Waals surface area contributed by atoms with Gasteiger partial charge in [0.05, 0.1) is 12.4 Å². The number of hydrogen-bond acceptors (Lipinski definition) is 3. The zero-order valence-corrected chi connectivity index (χ0v) is 15.5. The van der Waals surface area contributed by atoms with Gasteiger partial charge in [-0.15, -0.1) is 4.48 Å². The van der Waals surface area contributed by atoms with Gasteiger partial charge in [0.2, 0.25) is 0 Å². The lowest BCUT2D eigenvalue weighted by molar-refractivity contribution is 0.315. The van der Waals surface area contributed by atoms with Crippen molar-refractivity contribution >= 4 is 17.1 Å². The molecule has 1 aromatic carbocycles. The molecular weight excluding hydrogens is 320 g/mol. The van der Waals surface area contributed by atoms with Crippen molar-refractivity contribution in [2.45, 2.75) is 46.5 Å². The average Bonchev–Trinajstić information content (AvgIpc) is 2.61. The van der Waals surface area contributed by atoms with Crippen molar-refractivity contribution in [3.8, 4) is 0 Å². The second-order valence-corrected chi connectivity index (χ2v) is 7.03. The Bertz CT molecular complexity index is 625. The second-order valence-electron chi connectivity index (χ2n) is 7.03. The summed E-state index contributed by atoms with van der Waals surface area (Å²) >= 11 is 0. The molecule has 0 saturated heterocycles. The van der Waals surface area contributed by atoms with E-state index in [9.17, 15) is 8.87 Å². The zero-order chi connectivity index (χ0) is 18.2. The third-order valence-corrected chi connectivity index (χ3v) is 4.94. The highest BCUT2D eigenvalue weighted by Gasteiger charge is 2.15. The molecule has 0 aromatic heterocycles. The first-order chi connectivity index (χ1) is 12.0. The van der Waals surface area contributed by atoms with Crippen molar-refractivity contribution in [3.05, 3.63) is 29.3 Å². The second kappa shape index (κ2) is 9.76. The van der Waals surface area contributed by atoms with Crippen molar-refractivity contribution in [3.63, 3.8) is 0 Å². The van der Waals surface area contributed by atoms with Crippen LogP contribution in [0.25, 0.3) is 0 Å². The van der Waals surface area contributed by atoms with Crippen LogP contribution in [0.15, 0.2) is 28.2 Å². The Labute approximate surface area is 149 Å². The van der Waals surface area contributed by atoms with Crippen LogP contribution < -0.4 is 5.54 Å². The Hall–Kier alpha value is -1.62. The summed E-state index contributed by atoms with van der Waals surface area (Å²) in [7, 11) is 0. The van der Waals surface area contributed by atoms with Crippen molar-refractivity contribution in [1.82, 2.24) is 5.54 Å². The van der Waals surface area contributed by atoms with Crippen LogP contribution in [0.2, 0.25) is 0 Å². The van der Waals surface area contributed by atoms with Crippen molar-refractivity contribution in [1.29, 1.82) is 0 Å². The van der Waals surface area contributed by atoms with Gasteiger partial charge in [-0.05, 0) is 62.6 Å². The first-order valence-corrected chi connectivity index (χ1v) is 9.14. The van der Waals surface area contributed by atoms with Crippen LogP contribution in [0.1, 0.15) is 50.7 Å². The summed E-state index contributed by atoms with van der Waals surface area (Å²) in [5.41, 5.74) is 6.75. The fraction of sp³-hybridized carbons (Fsp3) is 0.600. The first kappa shape index (κ1) is 19.7. The Balaban J connectivity index is 2.23. The third-order valence-electron chi connectivity index (χ3n) is 4.94. The number of rotatable bonds is 8. The maximum Gasteiger partial charge on any atom is 0.0900 e. The van der Waals surface area contributed by atoms with E-state index in [0.717, 1.165) is 41.2 Å². The van der Waals surface area contributed by atoms with E-state index in [1.165, 1.54) is 6.42 Å². The maximum absolute atomic E-state index is 12.8. The van der Waals surface area contributed by atoms with Crippen LogP contribution in [-0.2, 0) is 0 Å². The largest absolute Gasteiger partial charge is 0.289 e. The van der Waals surface area contributed by atoms with Crippen LogP contribution in [0, 0.1) is 18.8 Å². The van der Waals surface area contributed by atoms with Gasteiger partial charge in [-0.2, -0.15) is 5.54 Å². The van der Waals surface area contributed by atoms with Crippen LogP contribution >= 0.6 is 0 Å². The average molecular weight is 349 g/mol. The molecule has 0 bridgehead atoms. The molecule has 2 unspecified atom stereocenters. The van der Waals surface area contributed by atoms with Gasteiger partial charge in [0.15, 0.2) is 0 Å². The van der Waals surface area contributed by atoms with Gasteiger partial charge >= 0.3 is 0 Å². The van der Waals surface area contributed by atoms with E-state index in [2.05, 4.69) is 25.1 Å². The van der Waals surface area contributed by atoms with Gasteiger partial charge in [-0.1, -0.05) is 19.1 Å². The molecule has 2 rings (SSSR count). The molecule has 0 radical (unpaired) electrons. The zero-order valence-electron chi connectivity index (χ0n) is 15.5. The predicted molar refractivity (Wildman–Crippen MR) is 102 cm³/mol. The molecule has 0 amide bonds. The lowest BCUT2D eigenvalue weighted by Gasteiger charge is -2.18. The SMILES string of the molecule is CC(=Nc1cc(C2=NCC(C)CC2)ccc1C)C(CCF)CCNF. The highest BCUT2D eigenvalue weighted by molar-refractivity contribution is 6.02. The molecule has 5 heteroatoms. The molecule has 1 N–H and O–H groups in total. The number of hydrogen-bond donors (Lipinski definition) is 1. The lowest BCUT2D eigenvalue weighted by atomic mass is 9.94.